The predicted octanol–water partition coefficient (Wildman–Crippen LogP) is 3.76. The van der Waals surface area contributed by atoms with Crippen molar-refractivity contribution in [3.63, 3.8) is 0 Å². The first-order valence-electron chi connectivity index (χ1n) is 9.82. The van der Waals surface area contributed by atoms with Crippen molar-refractivity contribution >= 4 is 23.1 Å². The van der Waals surface area contributed by atoms with E-state index in [1.54, 1.807) is 24.3 Å². The summed E-state index contributed by atoms with van der Waals surface area (Å²) in [6.07, 6.45) is -0.467. The summed E-state index contributed by atoms with van der Waals surface area (Å²) in [5, 5.41) is 12.0. The number of amides is 1. The highest BCUT2D eigenvalue weighted by atomic mass is 32.2. The molecular weight excluding hydrogens is 386 g/mol. The quantitative estimate of drug-likeness (QED) is 0.403. The number of carbonyl (C=O) groups is 1. The molecule has 1 amide bonds. The second kappa shape index (κ2) is 11.1. The number of hydrogen-bond donors (Lipinski definition) is 3. The smallest absolute Gasteiger partial charge is 0.404 e. The van der Waals surface area contributed by atoms with Crippen molar-refractivity contribution < 1.29 is 14.5 Å². The van der Waals surface area contributed by atoms with Crippen LogP contribution in [0.1, 0.15) is 26.3 Å². The van der Waals surface area contributed by atoms with E-state index >= 15 is 0 Å². The average molecular weight is 418 g/mol. The van der Waals surface area contributed by atoms with E-state index in [4.69, 9.17) is 5.73 Å². The molecule has 7 heteroatoms. The summed E-state index contributed by atoms with van der Waals surface area (Å²) in [5.74, 6) is 0.280. The first kappa shape index (κ1) is 23.1. The molecule has 4 N–H and O–H groups in total. The van der Waals surface area contributed by atoms with E-state index in [2.05, 4.69) is 19.2 Å². The first-order chi connectivity index (χ1) is 13.8. The molecule has 0 radical (unpaired) electrons. The Balaban J connectivity index is 2.16. The number of benzene rings is 2. The molecule has 2 rings (SSSR count). The molecule has 0 spiro atoms. The molecule has 0 aromatic heterocycles. The lowest BCUT2D eigenvalue weighted by atomic mass is 9.94. The molecule has 2 aromatic rings. The molecule has 0 aliphatic heterocycles. The van der Waals surface area contributed by atoms with Gasteiger partial charge in [0.2, 0.25) is 0 Å². The van der Waals surface area contributed by atoms with Crippen LogP contribution >= 0.6 is 0 Å². The van der Waals surface area contributed by atoms with Crippen LogP contribution in [0.15, 0.2) is 59.5 Å². The van der Waals surface area contributed by atoms with Crippen LogP contribution in [0, 0.1) is 11.8 Å². The van der Waals surface area contributed by atoms with Gasteiger partial charge in [0.05, 0.1) is 11.4 Å². The van der Waals surface area contributed by atoms with Crippen LogP contribution in [0.3, 0.4) is 0 Å². The van der Waals surface area contributed by atoms with Gasteiger partial charge < -0.3 is 20.7 Å². The lowest BCUT2D eigenvalue weighted by Gasteiger charge is -2.31. The molecule has 3 unspecified atom stereocenters. The van der Waals surface area contributed by atoms with E-state index in [1.165, 1.54) is 0 Å². The number of hydrogen-bond acceptors (Lipinski definition) is 4. The summed E-state index contributed by atoms with van der Waals surface area (Å²) < 4.78 is 15.1. The molecule has 29 heavy (non-hydrogen) atoms. The number of nitrogens with two attached hydrogens (primary N) is 1. The number of nitrogens with one attached hydrogen (secondary N) is 1. The van der Waals surface area contributed by atoms with Crippen LogP contribution in [0.2, 0.25) is 0 Å². The second-order valence-corrected chi connectivity index (χ2v) is 9.27. The van der Waals surface area contributed by atoms with Gasteiger partial charge in [0.15, 0.2) is 4.90 Å². The maximum atomic E-state index is 13.2. The van der Waals surface area contributed by atoms with E-state index in [0.717, 1.165) is 5.56 Å². The molecule has 0 fully saturated rings. The van der Waals surface area contributed by atoms with Gasteiger partial charge in [-0.05, 0) is 48.1 Å². The highest BCUT2D eigenvalue weighted by Crippen LogP contribution is 2.22. The summed E-state index contributed by atoms with van der Waals surface area (Å²) in [6.45, 7) is 7.31. The highest BCUT2D eigenvalue weighted by molar-refractivity contribution is 7.89. The normalized spacial score (nSPS) is 14.6. The fraction of sp³-hybridized carbons (Fsp3) is 0.409. The zero-order chi connectivity index (χ0) is 21.4. The predicted molar refractivity (Wildman–Crippen MR) is 118 cm³/mol. The average Bonchev–Trinajstić information content (AvgIpc) is 2.67. The van der Waals surface area contributed by atoms with E-state index < -0.39 is 17.5 Å². The van der Waals surface area contributed by atoms with Gasteiger partial charge in [0.1, 0.15) is 0 Å². The first-order valence-corrected chi connectivity index (χ1v) is 10.9. The Bertz CT molecular complexity index is 756. The fourth-order valence-corrected chi connectivity index (χ4v) is 4.69. The SMILES string of the molecule is CC(C)CN(CC(C)C(Cc1ccccc1)NC(=O)O)[S+]([O-])c1ccc(N)cc1. The minimum atomic E-state index is -1.34. The van der Waals surface area contributed by atoms with Crippen molar-refractivity contribution in [1.82, 2.24) is 9.62 Å². The minimum Gasteiger partial charge on any atom is -0.593 e. The van der Waals surface area contributed by atoms with Gasteiger partial charge >= 0.3 is 6.09 Å². The van der Waals surface area contributed by atoms with Crippen LogP contribution in [0.4, 0.5) is 10.5 Å². The zero-order valence-electron chi connectivity index (χ0n) is 17.2. The third-order valence-corrected chi connectivity index (χ3v) is 6.11. The Morgan fingerprint density at radius 2 is 1.72 bits per heavy atom. The van der Waals surface area contributed by atoms with E-state index in [1.807, 2.05) is 41.6 Å². The van der Waals surface area contributed by atoms with Gasteiger partial charge in [0, 0.05) is 24.8 Å². The van der Waals surface area contributed by atoms with Gasteiger partial charge in [-0.25, -0.2) is 4.79 Å². The van der Waals surface area contributed by atoms with E-state index in [-0.39, 0.29) is 12.0 Å². The Labute approximate surface area is 176 Å². The molecule has 0 bridgehead atoms. The van der Waals surface area contributed by atoms with Crippen molar-refractivity contribution in [1.29, 1.82) is 0 Å². The van der Waals surface area contributed by atoms with Crippen LogP contribution in [0.25, 0.3) is 0 Å². The van der Waals surface area contributed by atoms with Crippen LogP contribution in [0.5, 0.6) is 0 Å². The summed E-state index contributed by atoms with van der Waals surface area (Å²) >= 11 is -1.34. The fourth-order valence-electron chi connectivity index (χ4n) is 3.22. The molecule has 6 nitrogen and oxygen atoms in total. The topological polar surface area (TPSA) is 102 Å². The Morgan fingerprint density at radius 1 is 1.10 bits per heavy atom. The number of anilines is 1. The van der Waals surface area contributed by atoms with Gasteiger partial charge in [0.25, 0.3) is 0 Å². The lowest BCUT2D eigenvalue weighted by molar-refractivity contribution is 0.181. The zero-order valence-corrected chi connectivity index (χ0v) is 18.1. The van der Waals surface area contributed by atoms with Crippen molar-refractivity contribution in [3.8, 4) is 0 Å². The number of nitrogens with zero attached hydrogens (tertiary/aromatic N) is 1. The molecule has 2 aromatic carbocycles. The summed E-state index contributed by atoms with van der Waals surface area (Å²) in [5.41, 5.74) is 7.44. The largest absolute Gasteiger partial charge is 0.593 e. The van der Waals surface area contributed by atoms with Crippen molar-refractivity contribution in [3.05, 3.63) is 60.2 Å². The summed E-state index contributed by atoms with van der Waals surface area (Å²) in [6, 6.07) is 16.6. The Hall–Kier alpha value is -2.22. The third-order valence-electron chi connectivity index (χ3n) is 4.67. The maximum absolute atomic E-state index is 13.2. The highest BCUT2D eigenvalue weighted by Gasteiger charge is 2.29. The summed E-state index contributed by atoms with van der Waals surface area (Å²) in [4.78, 5) is 12.1. The van der Waals surface area contributed by atoms with Gasteiger partial charge in [-0.1, -0.05) is 51.1 Å². The van der Waals surface area contributed by atoms with E-state index in [9.17, 15) is 14.5 Å². The Morgan fingerprint density at radius 3 is 2.28 bits per heavy atom. The van der Waals surface area contributed by atoms with Gasteiger partial charge in [-0.15, -0.1) is 4.31 Å². The van der Waals surface area contributed by atoms with Crippen LogP contribution in [-0.4, -0.2) is 39.2 Å². The molecule has 0 aliphatic carbocycles. The van der Waals surface area contributed by atoms with Crippen molar-refractivity contribution in [2.75, 3.05) is 18.8 Å². The van der Waals surface area contributed by atoms with Gasteiger partial charge in [-0.2, -0.15) is 0 Å². The third kappa shape index (κ3) is 7.61. The molecule has 0 heterocycles. The maximum Gasteiger partial charge on any atom is 0.404 e. The molecule has 0 saturated heterocycles. The van der Waals surface area contributed by atoms with Crippen LogP contribution in [-0.2, 0) is 17.8 Å². The number of rotatable bonds is 10. The van der Waals surface area contributed by atoms with Crippen LogP contribution < -0.4 is 11.1 Å². The van der Waals surface area contributed by atoms with Crippen molar-refractivity contribution in [2.45, 2.75) is 38.1 Å². The van der Waals surface area contributed by atoms with Crippen molar-refractivity contribution in [2.24, 2.45) is 11.8 Å². The van der Waals surface area contributed by atoms with E-state index in [0.29, 0.717) is 36.0 Å². The number of carboxylic acid groups (broad SMARTS) is 1. The second-order valence-electron chi connectivity index (χ2n) is 7.78. The lowest BCUT2D eigenvalue weighted by Crippen LogP contribution is -2.46. The molecule has 158 valence electrons. The standard InChI is InChI=1S/C22H31N3O3S/c1-16(2)14-25(29(28)20-11-9-19(23)10-12-20)15-17(3)21(24-22(26)27)13-18-7-5-4-6-8-18/h4-12,16-17,21,24H,13-15,23H2,1-3H3,(H,26,27). The summed E-state index contributed by atoms with van der Waals surface area (Å²) in [7, 11) is 0. The minimum absolute atomic E-state index is 0.0391. The molecular formula is C22H31N3O3S. The Kier molecular flexibility index (Phi) is 8.82. The molecule has 0 saturated carbocycles. The molecule has 3 atom stereocenters. The number of nitrogen functional groups attached to an aromatic ring is 1. The van der Waals surface area contributed by atoms with Gasteiger partial charge in [-0.3, -0.25) is 0 Å². The molecule has 0 aliphatic rings. The monoisotopic (exact) mass is 417 g/mol.